The monoisotopic (exact) mass is 300 g/mol. The van der Waals surface area contributed by atoms with E-state index in [-0.39, 0.29) is 5.04 Å². The van der Waals surface area contributed by atoms with Gasteiger partial charge in [0.25, 0.3) is 0 Å². The van der Waals surface area contributed by atoms with Gasteiger partial charge in [0.1, 0.15) is 0 Å². The van der Waals surface area contributed by atoms with E-state index in [0.717, 1.165) is 18.4 Å². The summed E-state index contributed by atoms with van der Waals surface area (Å²) in [6.07, 6.45) is 14.2. The van der Waals surface area contributed by atoms with Crippen LogP contribution >= 0.6 is 0 Å². The first-order valence-corrected chi connectivity index (χ1v) is 10.7. The summed E-state index contributed by atoms with van der Waals surface area (Å²) in [6.45, 7) is 11.7. The first-order valence-electron chi connectivity index (χ1n) is 7.76. The van der Waals surface area contributed by atoms with Crippen molar-refractivity contribution >= 4 is 8.32 Å². The second kappa shape index (κ2) is 7.69. The summed E-state index contributed by atoms with van der Waals surface area (Å²) in [5.74, 6) is 9.06. The van der Waals surface area contributed by atoms with Gasteiger partial charge in [-0.1, -0.05) is 44.6 Å². The second-order valence-corrected chi connectivity index (χ2v) is 11.9. The van der Waals surface area contributed by atoms with E-state index in [1.54, 1.807) is 6.08 Å². The van der Waals surface area contributed by atoms with Gasteiger partial charge in [0.05, 0.1) is 6.61 Å². The van der Waals surface area contributed by atoms with Gasteiger partial charge in [0, 0.05) is 11.6 Å². The van der Waals surface area contributed by atoms with E-state index in [0.29, 0.717) is 6.61 Å². The van der Waals surface area contributed by atoms with Crippen molar-refractivity contribution in [3.05, 3.63) is 23.3 Å². The fourth-order valence-electron chi connectivity index (χ4n) is 1.80. The van der Waals surface area contributed by atoms with Gasteiger partial charge in [-0.05, 0) is 49.4 Å². The van der Waals surface area contributed by atoms with Crippen LogP contribution in [0.5, 0.6) is 0 Å². The summed E-state index contributed by atoms with van der Waals surface area (Å²) in [5.41, 5.74) is 2.16. The lowest BCUT2D eigenvalue weighted by Crippen LogP contribution is -2.41. The summed E-state index contributed by atoms with van der Waals surface area (Å²) in [6, 6.07) is 0. The molecule has 1 rings (SSSR count). The van der Waals surface area contributed by atoms with E-state index >= 15 is 0 Å². The second-order valence-electron chi connectivity index (χ2n) is 7.11. The number of terminal acetylenes is 1. The third kappa shape index (κ3) is 5.96. The maximum Gasteiger partial charge on any atom is 0.192 e. The normalized spacial score (nSPS) is 16.6. The molecule has 1 aliphatic carbocycles. The van der Waals surface area contributed by atoms with Crippen molar-refractivity contribution in [2.24, 2.45) is 0 Å². The van der Waals surface area contributed by atoms with Crippen molar-refractivity contribution in [1.82, 2.24) is 0 Å². The van der Waals surface area contributed by atoms with Crippen LogP contribution in [0, 0.1) is 24.2 Å². The van der Waals surface area contributed by atoms with Crippen molar-refractivity contribution in [2.45, 2.75) is 64.6 Å². The van der Waals surface area contributed by atoms with Crippen molar-refractivity contribution in [1.29, 1.82) is 0 Å². The molecule has 0 atom stereocenters. The van der Waals surface area contributed by atoms with Gasteiger partial charge in [-0.2, -0.15) is 0 Å². The van der Waals surface area contributed by atoms with Crippen molar-refractivity contribution in [3.63, 3.8) is 0 Å². The fourth-order valence-corrected chi connectivity index (χ4v) is 2.75. The Morgan fingerprint density at radius 2 is 2.10 bits per heavy atom. The average Bonchev–Trinajstić information content (AvgIpc) is 2.42. The zero-order chi connectivity index (χ0) is 15.9. The molecular weight excluding hydrogens is 272 g/mol. The summed E-state index contributed by atoms with van der Waals surface area (Å²) in [4.78, 5) is 0. The lowest BCUT2D eigenvalue weighted by Gasteiger charge is -2.36. The van der Waals surface area contributed by atoms with Crippen LogP contribution in [0.25, 0.3) is 0 Å². The molecule has 2 heteroatoms. The van der Waals surface area contributed by atoms with Crippen LogP contribution in [0.2, 0.25) is 18.1 Å². The molecule has 0 unspecified atom stereocenters. The van der Waals surface area contributed by atoms with E-state index in [4.69, 9.17) is 10.8 Å². The van der Waals surface area contributed by atoms with E-state index in [2.05, 4.69) is 57.7 Å². The van der Waals surface area contributed by atoms with Gasteiger partial charge in [-0.25, -0.2) is 0 Å². The first-order chi connectivity index (χ1) is 9.76. The van der Waals surface area contributed by atoms with Crippen LogP contribution in [-0.4, -0.2) is 14.9 Å². The minimum absolute atomic E-state index is 0.202. The summed E-state index contributed by atoms with van der Waals surface area (Å²) < 4.78 is 6.20. The van der Waals surface area contributed by atoms with Gasteiger partial charge in [-0.15, -0.1) is 6.42 Å². The van der Waals surface area contributed by atoms with Crippen LogP contribution in [0.3, 0.4) is 0 Å². The Morgan fingerprint density at radius 1 is 1.38 bits per heavy atom. The highest BCUT2D eigenvalue weighted by Gasteiger charge is 2.37. The lowest BCUT2D eigenvalue weighted by molar-refractivity contribution is 0.322. The smallest absolute Gasteiger partial charge is 0.192 e. The molecule has 0 aromatic carbocycles. The molecule has 0 aliphatic heterocycles. The molecule has 1 nitrogen and oxygen atoms in total. The molecular formula is C19H28OSi. The van der Waals surface area contributed by atoms with E-state index in [9.17, 15) is 0 Å². The van der Waals surface area contributed by atoms with E-state index in [1.807, 2.05) is 0 Å². The largest absolute Gasteiger partial charge is 0.412 e. The van der Waals surface area contributed by atoms with Crippen LogP contribution < -0.4 is 0 Å². The van der Waals surface area contributed by atoms with Crippen LogP contribution in [-0.2, 0) is 4.43 Å². The van der Waals surface area contributed by atoms with Gasteiger partial charge in [0.15, 0.2) is 8.32 Å². The fraction of sp³-hybridized carbons (Fsp3) is 0.579. The predicted molar refractivity (Wildman–Crippen MR) is 94.4 cm³/mol. The Bertz CT molecular complexity index is 512. The van der Waals surface area contributed by atoms with E-state index in [1.165, 1.54) is 18.4 Å². The molecule has 21 heavy (non-hydrogen) atoms. The molecule has 0 fully saturated rings. The number of rotatable bonds is 3. The third-order valence-electron chi connectivity index (χ3n) is 4.33. The quantitative estimate of drug-likeness (QED) is 0.522. The molecule has 114 valence electrons. The summed E-state index contributed by atoms with van der Waals surface area (Å²) >= 11 is 0. The van der Waals surface area contributed by atoms with Gasteiger partial charge in [-0.3, -0.25) is 0 Å². The highest BCUT2D eigenvalue weighted by molar-refractivity contribution is 6.74. The molecule has 0 bridgehead atoms. The van der Waals surface area contributed by atoms with Gasteiger partial charge in [0.2, 0.25) is 0 Å². The minimum atomic E-state index is -1.76. The molecule has 0 aromatic heterocycles. The molecule has 0 saturated heterocycles. The highest BCUT2D eigenvalue weighted by atomic mass is 28.4. The van der Waals surface area contributed by atoms with Crippen LogP contribution in [0.15, 0.2) is 23.3 Å². The molecule has 0 radical (unpaired) electrons. The SMILES string of the molecule is C#C/C=C(\C#CC1=CCCCC1)CO[Si](C)(C)C(C)(C)C. The van der Waals surface area contributed by atoms with Crippen LogP contribution in [0.1, 0.15) is 46.5 Å². The minimum Gasteiger partial charge on any atom is -0.412 e. The molecule has 0 aromatic rings. The summed E-state index contributed by atoms with van der Waals surface area (Å²) in [7, 11) is -1.76. The zero-order valence-corrected chi connectivity index (χ0v) is 15.2. The Morgan fingerprint density at radius 3 is 2.62 bits per heavy atom. The predicted octanol–water partition coefficient (Wildman–Crippen LogP) is 5.07. The number of hydrogen-bond donors (Lipinski definition) is 0. The molecule has 0 spiro atoms. The Balaban J connectivity index is 2.73. The molecule has 0 amide bonds. The van der Waals surface area contributed by atoms with Crippen LogP contribution in [0.4, 0.5) is 0 Å². The molecule has 0 heterocycles. The Labute approximate surface area is 132 Å². The lowest BCUT2D eigenvalue weighted by atomic mass is 10.00. The van der Waals surface area contributed by atoms with E-state index < -0.39 is 8.32 Å². The summed E-state index contributed by atoms with van der Waals surface area (Å²) in [5, 5.41) is 0.202. The molecule has 0 saturated carbocycles. The third-order valence-corrected chi connectivity index (χ3v) is 8.81. The van der Waals surface area contributed by atoms with Crippen molar-refractivity contribution in [2.75, 3.05) is 6.61 Å². The Kier molecular flexibility index (Phi) is 6.53. The van der Waals surface area contributed by atoms with Gasteiger partial charge >= 0.3 is 0 Å². The van der Waals surface area contributed by atoms with Gasteiger partial charge < -0.3 is 4.43 Å². The maximum absolute atomic E-state index is 6.20. The number of allylic oxidation sites excluding steroid dienone is 3. The standard InChI is InChI=1S/C19H28OSi/c1-7-11-18(15-14-17-12-9-8-10-13-17)16-20-21(5,6)19(2,3)4/h1,11-12H,8-10,13,16H2,2-6H3/b18-11+. The average molecular weight is 301 g/mol. The topological polar surface area (TPSA) is 9.23 Å². The number of hydrogen-bond acceptors (Lipinski definition) is 1. The Hall–Kier alpha value is -1.22. The highest BCUT2D eigenvalue weighted by Crippen LogP contribution is 2.36. The first kappa shape index (κ1) is 17.8. The molecule has 0 N–H and O–H groups in total. The van der Waals surface area contributed by atoms with Crippen molar-refractivity contribution < 1.29 is 4.43 Å². The molecule has 1 aliphatic rings. The zero-order valence-electron chi connectivity index (χ0n) is 14.2. The van der Waals surface area contributed by atoms with Crippen molar-refractivity contribution in [3.8, 4) is 24.2 Å². The maximum atomic E-state index is 6.20.